The molecule has 0 aliphatic heterocycles. The lowest BCUT2D eigenvalue weighted by molar-refractivity contribution is 0.414. The standard InChI is InChI=1S/C19H22N4O/c1-20-19(21-12-14-7-9-17(24-2)10-8-14)22-13-16-11-15-5-3-4-6-18(15)23-16/h3-11,23H,12-13H2,1-2H3,(H2,20,21,22). The number of guanidine groups is 1. The lowest BCUT2D eigenvalue weighted by atomic mass is 10.2. The van der Waals surface area contributed by atoms with Gasteiger partial charge in [-0.25, -0.2) is 0 Å². The van der Waals surface area contributed by atoms with Crippen LogP contribution < -0.4 is 15.4 Å². The molecule has 0 spiro atoms. The molecule has 1 aromatic heterocycles. The van der Waals surface area contributed by atoms with E-state index in [-0.39, 0.29) is 0 Å². The van der Waals surface area contributed by atoms with Crippen molar-refractivity contribution >= 4 is 16.9 Å². The van der Waals surface area contributed by atoms with Crippen LogP contribution in [-0.4, -0.2) is 25.1 Å². The molecule has 0 radical (unpaired) electrons. The maximum Gasteiger partial charge on any atom is 0.191 e. The average molecular weight is 322 g/mol. The number of H-pyrrole nitrogens is 1. The molecule has 0 saturated heterocycles. The average Bonchev–Trinajstić information content (AvgIpc) is 3.05. The Morgan fingerprint density at radius 3 is 2.50 bits per heavy atom. The summed E-state index contributed by atoms with van der Waals surface area (Å²) in [4.78, 5) is 7.66. The number of nitrogens with zero attached hydrogens (tertiary/aromatic N) is 1. The summed E-state index contributed by atoms with van der Waals surface area (Å²) >= 11 is 0. The van der Waals surface area contributed by atoms with Gasteiger partial charge in [0.05, 0.1) is 13.7 Å². The maximum atomic E-state index is 5.17. The minimum atomic E-state index is 0.691. The van der Waals surface area contributed by atoms with Gasteiger partial charge in [0.25, 0.3) is 0 Å². The first kappa shape index (κ1) is 15.9. The molecular formula is C19H22N4O. The number of para-hydroxylation sites is 1. The summed E-state index contributed by atoms with van der Waals surface area (Å²) in [5.74, 6) is 1.63. The fourth-order valence-electron chi connectivity index (χ4n) is 2.56. The van der Waals surface area contributed by atoms with Crippen LogP contribution in [0.3, 0.4) is 0 Å². The Morgan fingerprint density at radius 2 is 1.79 bits per heavy atom. The Hall–Kier alpha value is -2.95. The smallest absolute Gasteiger partial charge is 0.191 e. The first-order valence-electron chi connectivity index (χ1n) is 7.92. The number of aromatic amines is 1. The van der Waals surface area contributed by atoms with E-state index in [2.05, 4.69) is 38.8 Å². The molecule has 124 valence electrons. The van der Waals surface area contributed by atoms with Gasteiger partial charge in [-0.15, -0.1) is 0 Å². The van der Waals surface area contributed by atoms with Crippen molar-refractivity contribution < 1.29 is 4.74 Å². The van der Waals surface area contributed by atoms with Crippen molar-refractivity contribution in [3.8, 4) is 5.75 Å². The van der Waals surface area contributed by atoms with E-state index >= 15 is 0 Å². The highest BCUT2D eigenvalue weighted by molar-refractivity contribution is 5.81. The monoisotopic (exact) mass is 322 g/mol. The summed E-state index contributed by atoms with van der Waals surface area (Å²) in [6.45, 7) is 1.40. The Balaban J connectivity index is 1.54. The van der Waals surface area contributed by atoms with E-state index in [9.17, 15) is 0 Å². The number of ether oxygens (including phenoxy) is 1. The van der Waals surface area contributed by atoms with Crippen LogP contribution in [0, 0.1) is 0 Å². The number of hydrogen-bond acceptors (Lipinski definition) is 2. The highest BCUT2D eigenvalue weighted by Crippen LogP contribution is 2.14. The van der Waals surface area contributed by atoms with Crippen molar-refractivity contribution in [1.82, 2.24) is 15.6 Å². The minimum absolute atomic E-state index is 0.691. The highest BCUT2D eigenvalue weighted by atomic mass is 16.5. The zero-order valence-corrected chi connectivity index (χ0v) is 14.0. The van der Waals surface area contributed by atoms with E-state index < -0.39 is 0 Å². The number of rotatable bonds is 5. The molecule has 0 bridgehead atoms. The molecule has 0 aliphatic carbocycles. The third-order valence-corrected chi connectivity index (χ3v) is 3.87. The van der Waals surface area contributed by atoms with Gasteiger partial charge in [-0.2, -0.15) is 0 Å². The third-order valence-electron chi connectivity index (χ3n) is 3.87. The summed E-state index contributed by atoms with van der Waals surface area (Å²) in [7, 11) is 3.44. The first-order chi connectivity index (χ1) is 11.8. The van der Waals surface area contributed by atoms with E-state index in [0.717, 1.165) is 22.9 Å². The molecule has 1 heterocycles. The lowest BCUT2D eigenvalue weighted by Crippen LogP contribution is -2.36. The fourth-order valence-corrected chi connectivity index (χ4v) is 2.56. The predicted octanol–water partition coefficient (Wildman–Crippen LogP) is 3.04. The van der Waals surface area contributed by atoms with Crippen molar-refractivity contribution in [3.63, 3.8) is 0 Å². The van der Waals surface area contributed by atoms with Crippen LogP contribution in [0.15, 0.2) is 59.6 Å². The molecule has 5 heteroatoms. The highest BCUT2D eigenvalue weighted by Gasteiger charge is 2.02. The van der Waals surface area contributed by atoms with Gasteiger partial charge in [0, 0.05) is 24.8 Å². The maximum absolute atomic E-state index is 5.17. The van der Waals surface area contributed by atoms with Gasteiger partial charge < -0.3 is 20.4 Å². The van der Waals surface area contributed by atoms with Gasteiger partial charge in [0.15, 0.2) is 5.96 Å². The number of aliphatic imine (C=N–C) groups is 1. The van der Waals surface area contributed by atoms with Crippen molar-refractivity contribution in [1.29, 1.82) is 0 Å². The predicted molar refractivity (Wildman–Crippen MR) is 98.3 cm³/mol. The van der Waals surface area contributed by atoms with Gasteiger partial charge in [-0.3, -0.25) is 4.99 Å². The van der Waals surface area contributed by atoms with Crippen LogP contribution in [0.2, 0.25) is 0 Å². The van der Waals surface area contributed by atoms with E-state index in [4.69, 9.17) is 4.74 Å². The van der Waals surface area contributed by atoms with Crippen LogP contribution in [0.25, 0.3) is 10.9 Å². The molecule has 0 unspecified atom stereocenters. The van der Waals surface area contributed by atoms with Crippen molar-refractivity contribution in [2.45, 2.75) is 13.1 Å². The van der Waals surface area contributed by atoms with E-state index in [0.29, 0.717) is 13.1 Å². The molecule has 0 aliphatic rings. The Morgan fingerprint density at radius 1 is 1.04 bits per heavy atom. The van der Waals surface area contributed by atoms with E-state index in [1.807, 2.05) is 36.4 Å². The minimum Gasteiger partial charge on any atom is -0.497 e. The van der Waals surface area contributed by atoms with Crippen LogP contribution >= 0.6 is 0 Å². The SMILES string of the molecule is CN=C(NCc1ccc(OC)cc1)NCc1cc2ccccc2[nH]1. The zero-order chi connectivity index (χ0) is 16.8. The van der Waals surface area contributed by atoms with Crippen LogP contribution in [0.4, 0.5) is 0 Å². The summed E-state index contributed by atoms with van der Waals surface area (Å²) < 4.78 is 5.17. The van der Waals surface area contributed by atoms with Gasteiger partial charge >= 0.3 is 0 Å². The summed E-state index contributed by atoms with van der Waals surface area (Å²) in [6, 6.07) is 18.4. The quantitative estimate of drug-likeness (QED) is 0.500. The van der Waals surface area contributed by atoms with Gasteiger partial charge in [-0.05, 0) is 35.2 Å². The molecule has 5 nitrogen and oxygen atoms in total. The second-order valence-corrected chi connectivity index (χ2v) is 5.51. The fraction of sp³-hybridized carbons (Fsp3) is 0.211. The number of fused-ring (bicyclic) bond motifs is 1. The Kier molecular flexibility index (Phi) is 5.01. The topological polar surface area (TPSA) is 61.4 Å². The third kappa shape index (κ3) is 3.87. The van der Waals surface area contributed by atoms with Gasteiger partial charge in [-0.1, -0.05) is 30.3 Å². The first-order valence-corrected chi connectivity index (χ1v) is 7.92. The number of hydrogen-bond donors (Lipinski definition) is 3. The molecular weight excluding hydrogens is 300 g/mol. The number of methoxy groups -OCH3 is 1. The van der Waals surface area contributed by atoms with Gasteiger partial charge in [0.2, 0.25) is 0 Å². The molecule has 0 atom stereocenters. The molecule has 3 aromatic rings. The van der Waals surface area contributed by atoms with E-state index in [1.54, 1.807) is 14.2 Å². The Bertz CT molecular complexity index is 788. The van der Waals surface area contributed by atoms with E-state index in [1.165, 1.54) is 10.9 Å². The number of aromatic nitrogens is 1. The molecule has 2 aromatic carbocycles. The molecule has 3 rings (SSSR count). The second kappa shape index (κ2) is 7.55. The molecule has 3 N–H and O–H groups in total. The van der Waals surface area contributed by atoms with Crippen molar-refractivity contribution in [3.05, 3.63) is 65.9 Å². The molecule has 0 fully saturated rings. The molecule has 0 saturated carbocycles. The molecule has 24 heavy (non-hydrogen) atoms. The summed E-state index contributed by atoms with van der Waals surface area (Å²) in [6.07, 6.45) is 0. The lowest BCUT2D eigenvalue weighted by Gasteiger charge is -2.11. The summed E-state index contributed by atoms with van der Waals surface area (Å²) in [5, 5.41) is 7.85. The largest absolute Gasteiger partial charge is 0.497 e. The number of nitrogens with one attached hydrogen (secondary N) is 3. The van der Waals surface area contributed by atoms with Crippen LogP contribution in [0.5, 0.6) is 5.75 Å². The zero-order valence-electron chi connectivity index (χ0n) is 14.0. The van der Waals surface area contributed by atoms with Crippen molar-refractivity contribution in [2.75, 3.05) is 14.2 Å². The normalized spacial score (nSPS) is 11.5. The van der Waals surface area contributed by atoms with Crippen LogP contribution in [-0.2, 0) is 13.1 Å². The second-order valence-electron chi connectivity index (χ2n) is 5.51. The summed E-state index contributed by atoms with van der Waals surface area (Å²) in [5.41, 5.74) is 3.45. The Labute approximate surface area is 141 Å². The molecule has 0 amide bonds. The van der Waals surface area contributed by atoms with Crippen molar-refractivity contribution in [2.24, 2.45) is 4.99 Å². The van der Waals surface area contributed by atoms with Crippen LogP contribution in [0.1, 0.15) is 11.3 Å². The van der Waals surface area contributed by atoms with Gasteiger partial charge in [0.1, 0.15) is 5.75 Å². The number of benzene rings is 2.